The first kappa shape index (κ1) is 16.7. The second-order valence-corrected chi connectivity index (χ2v) is 5.55. The van der Waals surface area contributed by atoms with Gasteiger partial charge in [-0.3, -0.25) is 4.79 Å². The fraction of sp³-hybridized carbons (Fsp3) is 0.923. The molecule has 0 aliphatic carbocycles. The predicted octanol–water partition coefficient (Wildman–Crippen LogP) is 2.57. The van der Waals surface area contributed by atoms with Crippen LogP contribution in [0.3, 0.4) is 0 Å². The van der Waals surface area contributed by atoms with Crippen molar-refractivity contribution in [3.05, 3.63) is 0 Å². The van der Waals surface area contributed by atoms with Gasteiger partial charge in [-0.1, -0.05) is 13.8 Å². The van der Waals surface area contributed by atoms with E-state index in [1.165, 1.54) is 12.8 Å². The molecule has 17 heavy (non-hydrogen) atoms. The molecule has 1 saturated heterocycles. The van der Waals surface area contributed by atoms with Crippen LogP contribution in [0, 0.1) is 5.92 Å². The Morgan fingerprint density at radius 1 is 1.35 bits per heavy atom. The highest BCUT2D eigenvalue weighted by molar-refractivity contribution is 5.85. The van der Waals surface area contributed by atoms with E-state index < -0.39 is 0 Å². The number of nitrogens with two attached hydrogens (primary N) is 1. The second kappa shape index (κ2) is 7.93. The van der Waals surface area contributed by atoms with Crippen molar-refractivity contribution in [2.75, 3.05) is 6.54 Å². The number of hydrogen-bond donors (Lipinski definition) is 1. The molecular weight excluding hydrogens is 236 g/mol. The summed E-state index contributed by atoms with van der Waals surface area (Å²) < 4.78 is 0. The SMILES string of the molecule is CC(C)CC1CCCCN1C(=O)CC(C)N.Cl. The molecule has 0 saturated carbocycles. The third-order valence-electron chi connectivity index (χ3n) is 3.19. The molecule has 0 spiro atoms. The van der Waals surface area contributed by atoms with Crippen LogP contribution in [0.15, 0.2) is 0 Å². The number of carbonyl (C=O) groups is 1. The van der Waals surface area contributed by atoms with Gasteiger partial charge in [0.05, 0.1) is 0 Å². The molecule has 1 aliphatic heterocycles. The van der Waals surface area contributed by atoms with Gasteiger partial charge < -0.3 is 10.6 Å². The standard InChI is InChI=1S/C13H26N2O.ClH/c1-10(2)8-12-6-4-5-7-15(12)13(16)9-11(3)14;/h10-12H,4-9,14H2,1-3H3;1H. The van der Waals surface area contributed by atoms with Gasteiger partial charge >= 0.3 is 0 Å². The number of carbonyl (C=O) groups excluding carboxylic acids is 1. The van der Waals surface area contributed by atoms with Crippen molar-refractivity contribution in [3.8, 4) is 0 Å². The molecule has 0 aromatic heterocycles. The highest BCUT2D eigenvalue weighted by Crippen LogP contribution is 2.23. The Balaban J connectivity index is 0.00000256. The molecule has 1 rings (SSSR count). The van der Waals surface area contributed by atoms with E-state index in [0.29, 0.717) is 18.4 Å². The van der Waals surface area contributed by atoms with E-state index in [1.807, 2.05) is 6.92 Å². The van der Waals surface area contributed by atoms with Crippen molar-refractivity contribution < 1.29 is 4.79 Å². The Kier molecular flexibility index (Phi) is 7.80. The highest BCUT2D eigenvalue weighted by Gasteiger charge is 2.27. The number of hydrogen-bond acceptors (Lipinski definition) is 2. The number of rotatable bonds is 4. The summed E-state index contributed by atoms with van der Waals surface area (Å²) in [7, 11) is 0. The zero-order chi connectivity index (χ0) is 12.1. The number of amides is 1. The molecule has 2 unspecified atom stereocenters. The summed E-state index contributed by atoms with van der Waals surface area (Å²) in [6.45, 7) is 7.29. The van der Waals surface area contributed by atoms with E-state index in [1.54, 1.807) is 0 Å². The largest absolute Gasteiger partial charge is 0.340 e. The monoisotopic (exact) mass is 262 g/mol. The maximum atomic E-state index is 12.0. The fourth-order valence-corrected chi connectivity index (χ4v) is 2.51. The summed E-state index contributed by atoms with van der Waals surface area (Å²) in [5.41, 5.74) is 5.70. The molecule has 3 nitrogen and oxygen atoms in total. The van der Waals surface area contributed by atoms with Gasteiger partial charge in [0.1, 0.15) is 0 Å². The third kappa shape index (κ3) is 5.73. The van der Waals surface area contributed by atoms with Crippen molar-refractivity contribution in [1.29, 1.82) is 0 Å². The van der Waals surface area contributed by atoms with Crippen LogP contribution in [-0.4, -0.2) is 29.4 Å². The van der Waals surface area contributed by atoms with Crippen LogP contribution in [0.5, 0.6) is 0 Å². The zero-order valence-electron chi connectivity index (χ0n) is 11.3. The number of nitrogens with zero attached hydrogens (tertiary/aromatic N) is 1. The quantitative estimate of drug-likeness (QED) is 0.847. The molecule has 102 valence electrons. The molecule has 1 aliphatic rings. The summed E-state index contributed by atoms with van der Waals surface area (Å²) in [6, 6.07) is 0.439. The summed E-state index contributed by atoms with van der Waals surface area (Å²) in [6.07, 6.45) is 5.21. The topological polar surface area (TPSA) is 46.3 Å². The summed E-state index contributed by atoms with van der Waals surface area (Å²) in [5.74, 6) is 0.911. The van der Waals surface area contributed by atoms with E-state index >= 15 is 0 Å². The average molecular weight is 263 g/mol. The second-order valence-electron chi connectivity index (χ2n) is 5.55. The Bertz CT molecular complexity index is 231. The Labute approximate surface area is 112 Å². The van der Waals surface area contributed by atoms with E-state index in [9.17, 15) is 4.79 Å². The van der Waals surface area contributed by atoms with Crippen molar-refractivity contribution in [2.45, 2.75) is 65.0 Å². The molecule has 0 bridgehead atoms. The van der Waals surface area contributed by atoms with Crippen LogP contribution in [0.2, 0.25) is 0 Å². The van der Waals surface area contributed by atoms with Crippen LogP contribution in [0.25, 0.3) is 0 Å². The smallest absolute Gasteiger partial charge is 0.224 e. The van der Waals surface area contributed by atoms with Crippen LogP contribution in [0.4, 0.5) is 0 Å². The summed E-state index contributed by atoms with van der Waals surface area (Å²) >= 11 is 0. The van der Waals surface area contributed by atoms with Gasteiger partial charge in [-0.05, 0) is 38.5 Å². The number of halogens is 1. The van der Waals surface area contributed by atoms with E-state index in [4.69, 9.17) is 5.73 Å². The lowest BCUT2D eigenvalue weighted by atomic mass is 9.93. The molecule has 4 heteroatoms. The average Bonchev–Trinajstić information content (AvgIpc) is 2.16. The highest BCUT2D eigenvalue weighted by atomic mass is 35.5. The maximum Gasteiger partial charge on any atom is 0.224 e. The van der Waals surface area contributed by atoms with Crippen LogP contribution >= 0.6 is 12.4 Å². The zero-order valence-corrected chi connectivity index (χ0v) is 12.1. The minimum Gasteiger partial charge on any atom is -0.340 e. The summed E-state index contributed by atoms with van der Waals surface area (Å²) in [4.78, 5) is 14.1. The normalized spacial score (nSPS) is 22.2. The lowest BCUT2D eigenvalue weighted by Crippen LogP contribution is -2.45. The lowest BCUT2D eigenvalue weighted by Gasteiger charge is -2.37. The van der Waals surface area contributed by atoms with Crippen molar-refractivity contribution >= 4 is 18.3 Å². The van der Waals surface area contributed by atoms with Gasteiger partial charge in [-0.15, -0.1) is 12.4 Å². The van der Waals surface area contributed by atoms with Gasteiger partial charge in [-0.2, -0.15) is 0 Å². The van der Waals surface area contributed by atoms with E-state index in [0.717, 1.165) is 19.4 Å². The molecule has 0 aromatic rings. The van der Waals surface area contributed by atoms with Crippen LogP contribution < -0.4 is 5.73 Å². The summed E-state index contributed by atoms with van der Waals surface area (Å²) in [5, 5.41) is 0. The molecule has 2 N–H and O–H groups in total. The maximum absolute atomic E-state index is 12.0. The van der Waals surface area contributed by atoms with Gasteiger partial charge in [0, 0.05) is 25.0 Å². The molecule has 0 radical (unpaired) electrons. The first-order chi connectivity index (χ1) is 7.50. The van der Waals surface area contributed by atoms with Crippen LogP contribution in [0.1, 0.15) is 52.9 Å². The van der Waals surface area contributed by atoms with Gasteiger partial charge in [-0.25, -0.2) is 0 Å². The first-order valence-corrected chi connectivity index (χ1v) is 6.55. The molecule has 1 fully saturated rings. The molecular formula is C13H27ClN2O. The van der Waals surface area contributed by atoms with Crippen LogP contribution in [-0.2, 0) is 4.79 Å². The minimum absolute atomic E-state index is 0. The van der Waals surface area contributed by atoms with Gasteiger partial charge in [0.25, 0.3) is 0 Å². The van der Waals surface area contributed by atoms with E-state index in [2.05, 4.69) is 18.7 Å². The Morgan fingerprint density at radius 2 is 2.00 bits per heavy atom. The minimum atomic E-state index is -0.0193. The Morgan fingerprint density at radius 3 is 2.53 bits per heavy atom. The van der Waals surface area contributed by atoms with Gasteiger partial charge in [0.15, 0.2) is 0 Å². The number of likely N-dealkylation sites (tertiary alicyclic amines) is 1. The molecule has 1 heterocycles. The first-order valence-electron chi connectivity index (χ1n) is 6.55. The Hall–Kier alpha value is -0.280. The van der Waals surface area contributed by atoms with Crippen molar-refractivity contribution in [1.82, 2.24) is 4.90 Å². The van der Waals surface area contributed by atoms with Crippen molar-refractivity contribution in [3.63, 3.8) is 0 Å². The number of piperidine rings is 1. The van der Waals surface area contributed by atoms with E-state index in [-0.39, 0.29) is 24.4 Å². The van der Waals surface area contributed by atoms with Gasteiger partial charge in [0.2, 0.25) is 5.91 Å². The third-order valence-corrected chi connectivity index (χ3v) is 3.19. The predicted molar refractivity (Wildman–Crippen MR) is 74.3 cm³/mol. The molecule has 1 amide bonds. The van der Waals surface area contributed by atoms with Crippen molar-refractivity contribution in [2.24, 2.45) is 11.7 Å². The molecule has 2 atom stereocenters. The fourth-order valence-electron chi connectivity index (χ4n) is 2.51. The molecule has 0 aromatic carbocycles. The lowest BCUT2D eigenvalue weighted by molar-refractivity contribution is -0.135.